The number of nitrogens with zero attached hydrogens (tertiary/aromatic N) is 1. The highest BCUT2D eigenvalue weighted by molar-refractivity contribution is 7.80. The van der Waals surface area contributed by atoms with Crippen molar-refractivity contribution in [1.82, 2.24) is 5.32 Å². The first-order chi connectivity index (χ1) is 9.27. The van der Waals surface area contributed by atoms with Crippen LogP contribution in [-0.2, 0) is 6.18 Å². The molecule has 0 bridgehead atoms. The number of nitrogens with one attached hydrogen (secondary N) is 2. The Kier molecular flexibility index (Phi) is 3.80. The molecule has 2 N–H and O–H groups in total. The Balaban J connectivity index is 2.26. The number of thiocarbonyl (C=S) groups is 1. The van der Waals surface area contributed by atoms with E-state index in [9.17, 15) is 23.3 Å². The summed E-state index contributed by atoms with van der Waals surface area (Å²) in [6.45, 7) is 0. The molecular weight excluding hydrogens is 295 g/mol. The van der Waals surface area contributed by atoms with Crippen LogP contribution in [0.2, 0.25) is 0 Å². The van der Waals surface area contributed by atoms with Crippen molar-refractivity contribution in [1.29, 1.82) is 0 Å². The molecule has 1 aromatic carbocycles. The van der Waals surface area contributed by atoms with Crippen molar-refractivity contribution in [2.45, 2.75) is 25.1 Å². The molecule has 20 heavy (non-hydrogen) atoms. The van der Waals surface area contributed by atoms with Crippen LogP contribution in [0.15, 0.2) is 18.2 Å². The zero-order valence-corrected chi connectivity index (χ0v) is 10.8. The van der Waals surface area contributed by atoms with Crippen LogP contribution in [0.1, 0.15) is 18.4 Å². The second-order valence-corrected chi connectivity index (χ2v) is 4.77. The normalized spacial score (nSPS) is 14.8. The maximum absolute atomic E-state index is 12.9. The van der Waals surface area contributed by atoms with E-state index in [2.05, 4.69) is 10.6 Å². The Morgan fingerprint density at radius 3 is 2.55 bits per heavy atom. The van der Waals surface area contributed by atoms with Crippen molar-refractivity contribution in [3.63, 3.8) is 0 Å². The van der Waals surface area contributed by atoms with Gasteiger partial charge in [-0.15, -0.1) is 0 Å². The Hall–Kier alpha value is -1.90. The number of alkyl halides is 3. The fourth-order valence-corrected chi connectivity index (χ4v) is 1.84. The number of rotatable bonds is 3. The number of halogens is 3. The molecule has 0 aromatic heterocycles. The van der Waals surface area contributed by atoms with Crippen molar-refractivity contribution in [2.75, 3.05) is 5.32 Å². The van der Waals surface area contributed by atoms with Gasteiger partial charge in [-0.1, -0.05) is 0 Å². The molecule has 108 valence electrons. The van der Waals surface area contributed by atoms with Crippen molar-refractivity contribution >= 4 is 28.7 Å². The van der Waals surface area contributed by atoms with Gasteiger partial charge in [0.15, 0.2) is 5.11 Å². The van der Waals surface area contributed by atoms with Crippen LogP contribution in [0.4, 0.5) is 24.5 Å². The quantitative estimate of drug-likeness (QED) is 0.510. The molecule has 1 aliphatic rings. The molecule has 2 rings (SSSR count). The van der Waals surface area contributed by atoms with Gasteiger partial charge in [-0.2, -0.15) is 13.2 Å². The Labute approximate surface area is 117 Å². The van der Waals surface area contributed by atoms with Crippen LogP contribution < -0.4 is 10.6 Å². The van der Waals surface area contributed by atoms with E-state index in [0.717, 1.165) is 25.0 Å². The third kappa shape index (κ3) is 3.56. The van der Waals surface area contributed by atoms with E-state index >= 15 is 0 Å². The SMILES string of the molecule is O=[N+]([O-])c1ccc(NC(=S)NC2CC2)c(C(F)(F)F)c1. The lowest BCUT2D eigenvalue weighted by molar-refractivity contribution is -0.385. The molecule has 1 aliphatic carbocycles. The summed E-state index contributed by atoms with van der Waals surface area (Å²) in [7, 11) is 0. The smallest absolute Gasteiger partial charge is 0.360 e. The third-order valence-electron chi connectivity index (χ3n) is 2.68. The first-order valence-electron chi connectivity index (χ1n) is 5.70. The molecule has 0 atom stereocenters. The van der Waals surface area contributed by atoms with Crippen LogP contribution in [0.5, 0.6) is 0 Å². The molecule has 0 amide bonds. The van der Waals surface area contributed by atoms with Crippen LogP contribution in [0, 0.1) is 10.1 Å². The van der Waals surface area contributed by atoms with Gasteiger partial charge in [0.05, 0.1) is 16.2 Å². The molecule has 0 spiro atoms. The Bertz CT molecular complexity index is 558. The lowest BCUT2D eigenvalue weighted by Gasteiger charge is -2.15. The van der Waals surface area contributed by atoms with Gasteiger partial charge in [0.2, 0.25) is 0 Å². The molecule has 0 heterocycles. The minimum Gasteiger partial charge on any atom is -0.360 e. The van der Waals surface area contributed by atoms with E-state index < -0.39 is 22.4 Å². The minimum atomic E-state index is -4.70. The fraction of sp³-hybridized carbons (Fsp3) is 0.364. The lowest BCUT2D eigenvalue weighted by Crippen LogP contribution is -2.31. The largest absolute Gasteiger partial charge is 0.418 e. The predicted octanol–water partition coefficient (Wildman–Crippen LogP) is 3.06. The van der Waals surface area contributed by atoms with Crippen LogP contribution >= 0.6 is 12.2 Å². The number of nitro groups is 1. The van der Waals surface area contributed by atoms with E-state index in [1.807, 2.05) is 0 Å². The summed E-state index contributed by atoms with van der Waals surface area (Å²) >= 11 is 4.90. The van der Waals surface area contributed by atoms with Gasteiger partial charge in [0.25, 0.3) is 5.69 Å². The van der Waals surface area contributed by atoms with Crippen molar-refractivity contribution in [2.24, 2.45) is 0 Å². The van der Waals surface area contributed by atoms with E-state index in [0.29, 0.717) is 6.07 Å². The maximum atomic E-state index is 12.9. The minimum absolute atomic E-state index is 0.0758. The van der Waals surface area contributed by atoms with Crippen LogP contribution in [-0.4, -0.2) is 16.1 Å². The van der Waals surface area contributed by atoms with Crippen LogP contribution in [0.3, 0.4) is 0 Å². The highest BCUT2D eigenvalue weighted by Gasteiger charge is 2.35. The standard InChI is InChI=1S/C11H10F3N3O2S/c12-11(13,14)8-5-7(17(18)19)3-4-9(8)16-10(20)15-6-1-2-6/h3-6H,1-2H2,(H2,15,16,20). The average molecular weight is 305 g/mol. The highest BCUT2D eigenvalue weighted by Crippen LogP contribution is 2.37. The highest BCUT2D eigenvalue weighted by atomic mass is 32.1. The lowest BCUT2D eigenvalue weighted by atomic mass is 10.1. The topological polar surface area (TPSA) is 67.2 Å². The number of non-ortho nitro benzene ring substituents is 1. The van der Waals surface area contributed by atoms with Crippen molar-refractivity contribution in [3.05, 3.63) is 33.9 Å². The third-order valence-corrected chi connectivity index (χ3v) is 2.90. The van der Waals surface area contributed by atoms with Gasteiger partial charge in [-0.05, 0) is 31.1 Å². The molecule has 9 heteroatoms. The van der Waals surface area contributed by atoms with Gasteiger partial charge < -0.3 is 10.6 Å². The van der Waals surface area contributed by atoms with E-state index in [1.54, 1.807) is 0 Å². The molecule has 0 aliphatic heterocycles. The summed E-state index contributed by atoms with van der Waals surface area (Å²) in [5, 5.41) is 15.9. The number of benzene rings is 1. The summed E-state index contributed by atoms with van der Waals surface area (Å²) in [5.41, 5.74) is -2.04. The summed E-state index contributed by atoms with van der Waals surface area (Å²) in [4.78, 5) is 9.67. The average Bonchev–Trinajstić information content (AvgIpc) is 3.11. The number of nitro benzene ring substituents is 1. The monoisotopic (exact) mass is 305 g/mol. The zero-order valence-electron chi connectivity index (χ0n) is 10.0. The van der Waals surface area contributed by atoms with Crippen molar-refractivity contribution in [3.8, 4) is 0 Å². The molecule has 1 aromatic rings. The summed E-state index contributed by atoms with van der Waals surface area (Å²) < 4.78 is 38.7. The summed E-state index contributed by atoms with van der Waals surface area (Å²) in [6.07, 6.45) is -2.86. The number of hydrogen-bond acceptors (Lipinski definition) is 3. The summed E-state index contributed by atoms with van der Waals surface area (Å²) in [5.74, 6) is 0. The van der Waals surface area contributed by atoms with Gasteiger partial charge >= 0.3 is 6.18 Å². The first-order valence-corrected chi connectivity index (χ1v) is 6.11. The molecule has 0 radical (unpaired) electrons. The molecule has 1 saturated carbocycles. The second-order valence-electron chi connectivity index (χ2n) is 4.36. The van der Waals surface area contributed by atoms with Gasteiger partial charge in [0, 0.05) is 18.2 Å². The fourth-order valence-electron chi connectivity index (χ4n) is 1.56. The maximum Gasteiger partial charge on any atom is 0.418 e. The van der Waals surface area contributed by atoms with Gasteiger partial charge in [0.1, 0.15) is 0 Å². The van der Waals surface area contributed by atoms with E-state index in [-0.39, 0.29) is 16.8 Å². The first kappa shape index (κ1) is 14.5. The molecule has 5 nitrogen and oxygen atoms in total. The zero-order chi connectivity index (χ0) is 14.9. The van der Waals surface area contributed by atoms with Crippen LogP contribution in [0.25, 0.3) is 0 Å². The Morgan fingerprint density at radius 1 is 1.40 bits per heavy atom. The van der Waals surface area contributed by atoms with Gasteiger partial charge in [-0.25, -0.2) is 0 Å². The molecule has 1 fully saturated rings. The molecule has 0 saturated heterocycles. The van der Waals surface area contributed by atoms with Gasteiger partial charge in [-0.3, -0.25) is 10.1 Å². The Morgan fingerprint density at radius 2 is 2.05 bits per heavy atom. The van der Waals surface area contributed by atoms with E-state index in [1.165, 1.54) is 0 Å². The van der Waals surface area contributed by atoms with E-state index in [4.69, 9.17) is 12.2 Å². The second kappa shape index (κ2) is 5.23. The van der Waals surface area contributed by atoms with Crippen molar-refractivity contribution < 1.29 is 18.1 Å². The summed E-state index contributed by atoms with van der Waals surface area (Å²) in [6, 6.07) is 2.68. The number of anilines is 1. The number of hydrogen-bond donors (Lipinski definition) is 2. The predicted molar refractivity (Wildman–Crippen MR) is 70.5 cm³/mol. The molecule has 0 unspecified atom stereocenters. The molecular formula is C11H10F3N3O2S.